The third kappa shape index (κ3) is 9.32. The van der Waals surface area contributed by atoms with Crippen molar-refractivity contribution in [3.05, 3.63) is 75.7 Å². The molecule has 0 atom stereocenters. The summed E-state index contributed by atoms with van der Waals surface area (Å²) < 4.78 is 41.9. The van der Waals surface area contributed by atoms with Crippen LogP contribution < -0.4 is 30.7 Å². The summed E-state index contributed by atoms with van der Waals surface area (Å²) in [4.78, 5) is 49.7. The number of halogens is 1. The van der Waals surface area contributed by atoms with Crippen LogP contribution in [0, 0.1) is 12.8 Å². The standard InChI is InChI=1S/C39H47ClN8O7S/c1-26-22-32(10-11-34(26)43-38-41-24-28-23-33(40)37(50)48(36(28)45-38)31-4-2-3-5-31)56(52,53)42-15-19-54-20-21-55-25-27-12-16-46(17-13-27)29-6-8-30(9-7-29)47-18-14-35(49)44-39(47)51/h6-11,22-24,27,31,42H,2-5,12-21,25H2,1H3,(H,41,43,45)(H,44,49,51). The van der Waals surface area contributed by atoms with E-state index >= 15 is 0 Å². The molecule has 0 spiro atoms. The van der Waals surface area contributed by atoms with Gasteiger partial charge in [0, 0.05) is 73.9 Å². The highest BCUT2D eigenvalue weighted by Gasteiger charge is 2.26. The van der Waals surface area contributed by atoms with Crippen LogP contribution in [0.5, 0.6) is 0 Å². The lowest BCUT2D eigenvalue weighted by atomic mass is 9.97. The Hall–Kier alpha value is -4.61. The van der Waals surface area contributed by atoms with E-state index in [1.165, 1.54) is 6.07 Å². The highest BCUT2D eigenvalue weighted by molar-refractivity contribution is 7.89. The molecule has 3 amide bonds. The van der Waals surface area contributed by atoms with Gasteiger partial charge in [-0.3, -0.25) is 24.4 Å². The number of carbonyl (C=O) groups excluding carboxylic acids is 2. The first-order valence-electron chi connectivity index (χ1n) is 19.1. The van der Waals surface area contributed by atoms with Crippen molar-refractivity contribution in [2.45, 2.75) is 62.8 Å². The molecule has 1 aliphatic carbocycles. The smallest absolute Gasteiger partial charge is 0.328 e. The molecule has 2 saturated heterocycles. The lowest BCUT2D eigenvalue weighted by Gasteiger charge is -2.34. The molecule has 3 N–H and O–H groups in total. The summed E-state index contributed by atoms with van der Waals surface area (Å²) in [6.45, 7) is 5.72. The van der Waals surface area contributed by atoms with Gasteiger partial charge in [-0.05, 0) is 92.6 Å². The van der Waals surface area contributed by atoms with Gasteiger partial charge in [-0.1, -0.05) is 24.4 Å². The Kier molecular flexibility index (Phi) is 12.5. The number of piperidine rings is 1. The number of nitrogens with zero attached hydrogens (tertiary/aromatic N) is 5. The molecule has 15 nitrogen and oxygen atoms in total. The molecule has 7 rings (SSSR count). The van der Waals surface area contributed by atoms with Crippen molar-refractivity contribution < 1.29 is 27.5 Å². The maximum absolute atomic E-state index is 13.0. The number of amides is 3. The van der Waals surface area contributed by atoms with Crippen molar-refractivity contribution in [3.63, 3.8) is 0 Å². The molecule has 4 heterocycles. The number of fused-ring (bicyclic) bond motifs is 1. The SMILES string of the molecule is Cc1cc(S(=O)(=O)NCCOCCOCC2CCN(c3ccc(N4CCC(=O)NC4=O)cc3)CC2)ccc1Nc1ncc2cc(Cl)c(=O)n(C3CCCC3)c2n1. The summed E-state index contributed by atoms with van der Waals surface area (Å²) >= 11 is 6.26. The molecular formula is C39H47ClN8O7S. The van der Waals surface area contributed by atoms with E-state index in [2.05, 4.69) is 30.2 Å². The van der Waals surface area contributed by atoms with Gasteiger partial charge in [-0.25, -0.2) is 22.9 Å². The van der Waals surface area contributed by atoms with E-state index in [-0.39, 0.29) is 46.6 Å². The number of anilines is 4. The average molecular weight is 807 g/mol. The van der Waals surface area contributed by atoms with Crippen LogP contribution in [0.1, 0.15) is 56.6 Å². The number of rotatable bonds is 15. The molecule has 17 heteroatoms. The Morgan fingerprint density at radius 2 is 1.64 bits per heavy atom. The second-order valence-electron chi connectivity index (χ2n) is 14.5. The highest BCUT2D eigenvalue weighted by Crippen LogP contribution is 2.32. The summed E-state index contributed by atoms with van der Waals surface area (Å²) in [5.41, 5.74) is 3.44. The zero-order chi connectivity index (χ0) is 39.2. The first-order valence-corrected chi connectivity index (χ1v) is 21.0. The van der Waals surface area contributed by atoms with Crippen molar-refractivity contribution in [2.24, 2.45) is 5.92 Å². The second kappa shape index (κ2) is 17.7. The summed E-state index contributed by atoms with van der Waals surface area (Å²) in [5, 5.41) is 6.35. The van der Waals surface area contributed by atoms with E-state index in [0.29, 0.717) is 66.9 Å². The average Bonchev–Trinajstić information content (AvgIpc) is 3.72. The van der Waals surface area contributed by atoms with Crippen LogP contribution in [0.25, 0.3) is 11.0 Å². The Morgan fingerprint density at radius 3 is 2.38 bits per heavy atom. The molecule has 3 fully saturated rings. The van der Waals surface area contributed by atoms with Crippen molar-refractivity contribution >= 4 is 67.6 Å². The monoisotopic (exact) mass is 806 g/mol. The van der Waals surface area contributed by atoms with Crippen LogP contribution in [0.15, 0.2) is 64.4 Å². The Labute approximate surface area is 330 Å². The van der Waals surface area contributed by atoms with E-state index in [1.807, 2.05) is 24.3 Å². The molecule has 2 aromatic carbocycles. The number of ether oxygens (including phenoxy) is 2. The van der Waals surface area contributed by atoms with E-state index < -0.39 is 10.0 Å². The number of hydrogen-bond acceptors (Lipinski definition) is 11. The second-order valence-corrected chi connectivity index (χ2v) is 16.6. The topological polar surface area (TPSA) is 177 Å². The maximum atomic E-state index is 13.0. The number of pyridine rings is 1. The fourth-order valence-electron chi connectivity index (χ4n) is 7.53. The fraction of sp³-hybridized carbons (Fsp3) is 0.462. The Bertz CT molecular complexity index is 2220. The van der Waals surface area contributed by atoms with Gasteiger partial charge in [-0.15, -0.1) is 0 Å². The van der Waals surface area contributed by atoms with Crippen LogP contribution in [0.2, 0.25) is 5.02 Å². The van der Waals surface area contributed by atoms with Crippen molar-refractivity contribution in [1.29, 1.82) is 0 Å². The number of imide groups is 1. The van der Waals surface area contributed by atoms with E-state index in [9.17, 15) is 22.8 Å². The minimum absolute atomic E-state index is 0.0391. The zero-order valence-electron chi connectivity index (χ0n) is 31.3. The third-order valence-electron chi connectivity index (χ3n) is 10.6. The predicted molar refractivity (Wildman–Crippen MR) is 214 cm³/mol. The number of benzene rings is 2. The summed E-state index contributed by atoms with van der Waals surface area (Å²) in [6, 6.07) is 13.9. The molecule has 2 aromatic heterocycles. The highest BCUT2D eigenvalue weighted by atomic mass is 35.5. The normalized spacial score (nSPS) is 17.2. The lowest BCUT2D eigenvalue weighted by molar-refractivity contribution is -0.120. The molecule has 56 heavy (non-hydrogen) atoms. The maximum Gasteiger partial charge on any atom is 0.328 e. The van der Waals surface area contributed by atoms with Crippen LogP contribution in [-0.4, -0.2) is 87.5 Å². The van der Waals surface area contributed by atoms with Crippen molar-refractivity contribution in [3.8, 4) is 0 Å². The molecule has 2 aliphatic heterocycles. The number of nitrogens with one attached hydrogen (secondary N) is 3. The van der Waals surface area contributed by atoms with Gasteiger partial charge in [0.1, 0.15) is 10.7 Å². The minimum Gasteiger partial charge on any atom is -0.379 e. The van der Waals surface area contributed by atoms with Crippen molar-refractivity contribution in [2.75, 3.05) is 67.7 Å². The van der Waals surface area contributed by atoms with E-state index in [4.69, 9.17) is 21.1 Å². The van der Waals surface area contributed by atoms with Gasteiger partial charge in [0.2, 0.25) is 21.9 Å². The van der Waals surface area contributed by atoms with Gasteiger partial charge in [0.25, 0.3) is 5.56 Å². The van der Waals surface area contributed by atoms with Crippen LogP contribution in [-0.2, 0) is 24.3 Å². The Morgan fingerprint density at radius 1 is 0.911 bits per heavy atom. The van der Waals surface area contributed by atoms with E-state index in [0.717, 1.165) is 63.0 Å². The number of urea groups is 1. The third-order valence-corrected chi connectivity index (χ3v) is 12.4. The molecule has 0 unspecified atom stereocenters. The molecule has 298 valence electrons. The first-order chi connectivity index (χ1) is 27.1. The zero-order valence-corrected chi connectivity index (χ0v) is 32.9. The molecular weight excluding hydrogens is 760 g/mol. The molecule has 1 saturated carbocycles. The summed E-state index contributed by atoms with van der Waals surface area (Å²) in [7, 11) is -3.78. The largest absolute Gasteiger partial charge is 0.379 e. The summed E-state index contributed by atoms with van der Waals surface area (Å²) in [5.74, 6) is 0.488. The minimum atomic E-state index is -3.78. The van der Waals surface area contributed by atoms with Gasteiger partial charge >= 0.3 is 6.03 Å². The van der Waals surface area contributed by atoms with Crippen LogP contribution in [0.4, 0.5) is 27.8 Å². The number of carbonyl (C=O) groups is 2. The Balaban J connectivity index is 0.804. The van der Waals surface area contributed by atoms with Gasteiger partial charge in [-0.2, -0.15) is 4.98 Å². The molecule has 4 aromatic rings. The molecule has 0 radical (unpaired) electrons. The van der Waals surface area contributed by atoms with Crippen LogP contribution in [0.3, 0.4) is 0 Å². The van der Waals surface area contributed by atoms with Crippen molar-refractivity contribution in [1.82, 2.24) is 24.6 Å². The van der Waals surface area contributed by atoms with Crippen LogP contribution >= 0.6 is 11.6 Å². The number of aromatic nitrogens is 3. The number of aryl methyl sites for hydroxylation is 1. The molecule has 0 bridgehead atoms. The van der Waals surface area contributed by atoms with E-state index in [1.54, 1.807) is 40.8 Å². The quantitative estimate of drug-likeness (QED) is 0.133. The number of hydrogen-bond donors (Lipinski definition) is 3. The fourth-order valence-corrected chi connectivity index (χ4v) is 8.83. The lowest BCUT2D eigenvalue weighted by Crippen LogP contribution is -2.49. The molecule has 3 aliphatic rings. The predicted octanol–water partition coefficient (Wildman–Crippen LogP) is 5.29. The van der Waals surface area contributed by atoms with Gasteiger partial charge < -0.3 is 19.7 Å². The number of sulfonamides is 1. The van der Waals surface area contributed by atoms with Gasteiger partial charge in [0.15, 0.2) is 0 Å². The van der Waals surface area contributed by atoms with Gasteiger partial charge in [0.05, 0.1) is 24.7 Å². The summed E-state index contributed by atoms with van der Waals surface area (Å²) in [6.07, 6.45) is 7.79. The first kappa shape index (κ1) is 39.6.